The number of carboxylic acid groups (broad SMARTS) is 1. The Bertz CT molecular complexity index is 339. The molecule has 20 heavy (non-hydrogen) atoms. The highest BCUT2D eigenvalue weighted by Crippen LogP contribution is 2.30. The van der Waals surface area contributed by atoms with Gasteiger partial charge in [-0.2, -0.15) is 0 Å². The maximum absolute atomic E-state index is 12.1. The van der Waals surface area contributed by atoms with Crippen LogP contribution in [0.25, 0.3) is 0 Å². The van der Waals surface area contributed by atoms with E-state index in [-0.39, 0.29) is 11.8 Å². The molecule has 0 aromatic heterocycles. The normalized spacial score (nSPS) is 27.4. The van der Waals surface area contributed by atoms with Crippen molar-refractivity contribution >= 4 is 11.9 Å². The molecule has 2 atom stereocenters. The molecule has 2 saturated carbocycles. The van der Waals surface area contributed by atoms with E-state index in [1.807, 2.05) is 0 Å². The van der Waals surface area contributed by atoms with Gasteiger partial charge in [-0.05, 0) is 25.7 Å². The summed E-state index contributed by atoms with van der Waals surface area (Å²) in [4.78, 5) is 23.2. The summed E-state index contributed by atoms with van der Waals surface area (Å²) >= 11 is 0. The Balaban J connectivity index is 1.68. The van der Waals surface area contributed by atoms with E-state index in [4.69, 9.17) is 9.84 Å². The Morgan fingerprint density at radius 3 is 2.25 bits per heavy atom. The highest BCUT2D eigenvalue weighted by atomic mass is 16.5. The summed E-state index contributed by atoms with van der Waals surface area (Å²) < 4.78 is 5.68. The molecule has 2 fully saturated rings. The molecule has 2 aliphatic rings. The third kappa shape index (κ3) is 4.20. The summed E-state index contributed by atoms with van der Waals surface area (Å²) in [6.07, 6.45) is 8.23. The van der Waals surface area contributed by atoms with Gasteiger partial charge in [0, 0.05) is 6.54 Å². The Hall–Kier alpha value is -1.10. The lowest BCUT2D eigenvalue weighted by Gasteiger charge is -2.27. The smallest absolute Gasteiger partial charge is 0.307 e. The lowest BCUT2D eigenvalue weighted by Crippen LogP contribution is -2.41. The second-order valence-corrected chi connectivity index (χ2v) is 5.90. The molecule has 5 nitrogen and oxygen atoms in total. The van der Waals surface area contributed by atoms with Gasteiger partial charge in [0.25, 0.3) is 0 Å². The van der Waals surface area contributed by atoms with Crippen LogP contribution >= 0.6 is 0 Å². The third-order valence-corrected chi connectivity index (χ3v) is 4.48. The van der Waals surface area contributed by atoms with E-state index < -0.39 is 11.9 Å². The predicted molar refractivity (Wildman–Crippen MR) is 74.3 cm³/mol. The van der Waals surface area contributed by atoms with Gasteiger partial charge in [0.1, 0.15) is 0 Å². The number of ether oxygens (including phenoxy) is 1. The Morgan fingerprint density at radius 1 is 1.00 bits per heavy atom. The number of amides is 1. The third-order valence-electron chi connectivity index (χ3n) is 4.48. The van der Waals surface area contributed by atoms with Gasteiger partial charge in [-0.25, -0.2) is 0 Å². The second-order valence-electron chi connectivity index (χ2n) is 5.90. The molecule has 0 radical (unpaired) electrons. The second kappa shape index (κ2) is 7.62. The van der Waals surface area contributed by atoms with Crippen LogP contribution in [0.1, 0.15) is 51.4 Å². The molecule has 0 unspecified atom stereocenters. The number of aliphatic carboxylic acids is 1. The van der Waals surface area contributed by atoms with Crippen molar-refractivity contribution in [3.63, 3.8) is 0 Å². The Kier molecular flexibility index (Phi) is 5.83. The molecule has 0 spiro atoms. The van der Waals surface area contributed by atoms with Crippen LogP contribution in [0, 0.1) is 11.8 Å². The fraction of sp³-hybridized carbons (Fsp3) is 0.867. The maximum Gasteiger partial charge on any atom is 0.307 e. The van der Waals surface area contributed by atoms with Crippen molar-refractivity contribution in [3.8, 4) is 0 Å². The molecular weight excluding hydrogens is 258 g/mol. The van der Waals surface area contributed by atoms with Crippen molar-refractivity contribution in [3.05, 3.63) is 0 Å². The summed E-state index contributed by atoms with van der Waals surface area (Å²) in [5.41, 5.74) is 0. The van der Waals surface area contributed by atoms with Gasteiger partial charge in [-0.15, -0.1) is 0 Å². The highest BCUT2D eigenvalue weighted by Gasteiger charge is 2.35. The molecule has 2 N–H and O–H groups in total. The summed E-state index contributed by atoms with van der Waals surface area (Å²) in [6, 6.07) is 0. The molecule has 0 aliphatic heterocycles. The maximum atomic E-state index is 12.1. The number of carbonyl (C=O) groups is 2. The lowest BCUT2D eigenvalue weighted by atomic mass is 9.79. The number of carboxylic acids is 1. The summed E-state index contributed by atoms with van der Waals surface area (Å²) in [5.74, 6) is -1.84. The fourth-order valence-electron chi connectivity index (χ4n) is 3.33. The largest absolute Gasteiger partial charge is 0.481 e. The molecule has 2 aliphatic carbocycles. The Labute approximate surface area is 120 Å². The van der Waals surface area contributed by atoms with Gasteiger partial charge in [-0.1, -0.05) is 25.7 Å². The van der Waals surface area contributed by atoms with Gasteiger partial charge < -0.3 is 15.2 Å². The minimum Gasteiger partial charge on any atom is -0.481 e. The first-order valence-electron chi connectivity index (χ1n) is 7.80. The molecule has 1 amide bonds. The minimum absolute atomic E-state index is 0.118. The van der Waals surface area contributed by atoms with E-state index in [0.717, 1.165) is 25.7 Å². The first kappa shape index (κ1) is 15.3. The number of hydrogen-bond acceptors (Lipinski definition) is 3. The zero-order chi connectivity index (χ0) is 14.4. The average Bonchev–Trinajstić information content (AvgIpc) is 2.96. The lowest BCUT2D eigenvalue weighted by molar-refractivity contribution is -0.149. The summed E-state index contributed by atoms with van der Waals surface area (Å²) in [5, 5.41) is 12.0. The van der Waals surface area contributed by atoms with E-state index in [9.17, 15) is 9.59 Å². The van der Waals surface area contributed by atoms with Crippen LogP contribution in [-0.4, -0.2) is 36.2 Å². The molecule has 0 bridgehead atoms. The molecule has 0 heterocycles. The van der Waals surface area contributed by atoms with Gasteiger partial charge >= 0.3 is 5.97 Å². The highest BCUT2D eigenvalue weighted by molar-refractivity contribution is 5.84. The van der Waals surface area contributed by atoms with Crippen LogP contribution in [0.4, 0.5) is 0 Å². The quantitative estimate of drug-likeness (QED) is 0.731. The van der Waals surface area contributed by atoms with Crippen molar-refractivity contribution in [1.29, 1.82) is 0 Å². The summed E-state index contributed by atoms with van der Waals surface area (Å²) in [7, 11) is 0. The number of nitrogens with one attached hydrogen (secondary N) is 1. The molecule has 2 rings (SSSR count). The van der Waals surface area contributed by atoms with Crippen LogP contribution in [0.5, 0.6) is 0 Å². The van der Waals surface area contributed by atoms with Crippen molar-refractivity contribution < 1.29 is 19.4 Å². The monoisotopic (exact) mass is 283 g/mol. The summed E-state index contributed by atoms with van der Waals surface area (Å²) in [6.45, 7) is 1.01. The topological polar surface area (TPSA) is 75.6 Å². The van der Waals surface area contributed by atoms with E-state index in [1.54, 1.807) is 0 Å². The van der Waals surface area contributed by atoms with Gasteiger partial charge in [0.15, 0.2) is 0 Å². The first-order valence-corrected chi connectivity index (χ1v) is 7.80. The van der Waals surface area contributed by atoms with E-state index >= 15 is 0 Å². The molecule has 0 aromatic rings. The number of rotatable bonds is 6. The van der Waals surface area contributed by atoms with Gasteiger partial charge in [0.2, 0.25) is 5.91 Å². The van der Waals surface area contributed by atoms with Crippen molar-refractivity contribution in [2.24, 2.45) is 11.8 Å². The molecule has 5 heteroatoms. The van der Waals surface area contributed by atoms with Crippen LogP contribution in [0.3, 0.4) is 0 Å². The zero-order valence-electron chi connectivity index (χ0n) is 12.0. The Morgan fingerprint density at radius 2 is 1.60 bits per heavy atom. The van der Waals surface area contributed by atoms with Crippen molar-refractivity contribution in [1.82, 2.24) is 5.32 Å². The molecule has 114 valence electrons. The standard InChI is InChI=1S/C15H25NO4/c17-14(12-7-3-4-8-13(12)15(18)19)16-9-10-20-11-5-1-2-6-11/h11-13H,1-10H2,(H,16,17)(H,18,19)/t12-,13+/m1/s1. The minimum atomic E-state index is -0.841. The predicted octanol–water partition coefficient (Wildman–Crippen LogP) is 1.95. The van der Waals surface area contributed by atoms with E-state index in [1.165, 1.54) is 12.8 Å². The van der Waals surface area contributed by atoms with Crippen LogP contribution in [0.15, 0.2) is 0 Å². The number of carbonyl (C=O) groups excluding carboxylic acids is 1. The van der Waals surface area contributed by atoms with Crippen LogP contribution in [0.2, 0.25) is 0 Å². The van der Waals surface area contributed by atoms with Crippen LogP contribution < -0.4 is 5.32 Å². The van der Waals surface area contributed by atoms with Crippen LogP contribution in [-0.2, 0) is 14.3 Å². The first-order chi connectivity index (χ1) is 9.68. The zero-order valence-corrected chi connectivity index (χ0v) is 12.0. The average molecular weight is 283 g/mol. The fourth-order valence-corrected chi connectivity index (χ4v) is 3.33. The number of hydrogen-bond donors (Lipinski definition) is 2. The SMILES string of the molecule is O=C(O)[C@H]1CCCC[C@H]1C(=O)NCCOC1CCCC1. The molecule has 0 saturated heterocycles. The van der Waals surface area contributed by atoms with Crippen molar-refractivity contribution in [2.75, 3.05) is 13.2 Å². The van der Waals surface area contributed by atoms with Gasteiger partial charge in [-0.3, -0.25) is 9.59 Å². The van der Waals surface area contributed by atoms with Gasteiger partial charge in [0.05, 0.1) is 24.5 Å². The van der Waals surface area contributed by atoms with E-state index in [0.29, 0.717) is 32.1 Å². The van der Waals surface area contributed by atoms with E-state index in [2.05, 4.69) is 5.32 Å². The van der Waals surface area contributed by atoms with Crippen molar-refractivity contribution in [2.45, 2.75) is 57.5 Å². The molecular formula is C15H25NO4. The molecule has 0 aromatic carbocycles.